The first-order valence-corrected chi connectivity index (χ1v) is 6.64. The van der Waals surface area contributed by atoms with Crippen molar-refractivity contribution in [2.75, 3.05) is 5.88 Å². The smallest absolute Gasteiger partial charge is 0.0934 e. The van der Waals surface area contributed by atoms with Crippen LogP contribution >= 0.6 is 11.6 Å². The van der Waals surface area contributed by atoms with E-state index in [-0.39, 0.29) is 0 Å². The van der Waals surface area contributed by atoms with E-state index in [2.05, 4.69) is 26.0 Å². The van der Waals surface area contributed by atoms with E-state index in [1.807, 2.05) is 12.3 Å². The van der Waals surface area contributed by atoms with Gasteiger partial charge in [-0.25, -0.2) is 0 Å². The van der Waals surface area contributed by atoms with Gasteiger partial charge < -0.3 is 4.42 Å². The van der Waals surface area contributed by atoms with Crippen LogP contribution in [-0.4, -0.2) is 5.88 Å². The Morgan fingerprint density at radius 2 is 2.00 bits per heavy atom. The number of furan rings is 1. The van der Waals surface area contributed by atoms with Crippen molar-refractivity contribution < 1.29 is 4.42 Å². The molecule has 94 valence electrons. The second-order valence-electron chi connectivity index (χ2n) is 4.44. The van der Waals surface area contributed by atoms with Crippen molar-refractivity contribution >= 4 is 11.6 Å². The Hall–Kier alpha value is -0.950. The topological polar surface area (TPSA) is 13.1 Å². The lowest BCUT2D eigenvalue weighted by Crippen LogP contribution is -1.83. The van der Waals surface area contributed by atoms with Crippen LogP contribution in [0, 0.1) is 0 Å². The molecule has 1 heterocycles. The lowest BCUT2D eigenvalue weighted by atomic mass is 10.1. The van der Waals surface area contributed by atoms with Gasteiger partial charge in [0.2, 0.25) is 0 Å². The van der Waals surface area contributed by atoms with Crippen LogP contribution in [0.2, 0.25) is 0 Å². The van der Waals surface area contributed by atoms with Gasteiger partial charge in [-0.3, -0.25) is 0 Å². The van der Waals surface area contributed by atoms with Crippen molar-refractivity contribution in [3.05, 3.63) is 47.5 Å². The molecule has 0 radical (unpaired) electrons. The zero-order valence-electron chi connectivity index (χ0n) is 10.7. The van der Waals surface area contributed by atoms with E-state index in [0.29, 0.717) is 5.88 Å². The van der Waals surface area contributed by atoms with Gasteiger partial charge in [0.05, 0.1) is 12.5 Å². The molecule has 0 bridgehead atoms. The molecule has 0 amide bonds. The number of hydrogen-bond acceptors (Lipinski definition) is 1. The van der Waals surface area contributed by atoms with Gasteiger partial charge in [-0.15, -0.1) is 11.6 Å². The number of rotatable bonds is 7. The molecule has 0 aromatic carbocycles. The summed E-state index contributed by atoms with van der Waals surface area (Å²) in [4.78, 5) is 0. The molecule has 2 heteroatoms. The minimum Gasteiger partial charge on any atom is -0.472 e. The Bertz CT molecular complexity index is 360. The Morgan fingerprint density at radius 1 is 1.24 bits per heavy atom. The fourth-order valence-corrected chi connectivity index (χ4v) is 1.73. The summed E-state index contributed by atoms with van der Waals surface area (Å²) >= 11 is 5.72. The summed E-state index contributed by atoms with van der Waals surface area (Å²) in [5, 5.41) is 0. The molecule has 1 aromatic rings. The van der Waals surface area contributed by atoms with Gasteiger partial charge in [-0.1, -0.05) is 23.3 Å². The molecule has 1 aromatic heterocycles. The summed E-state index contributed by atoms with van der Waals surface area (Å²) in [5.74, 6) is 0.642. The minimum atomic E-state index is 0.642. The van der Waals surface area contributed by atoms with Crippen LogP contribution in [-0.2, 0) is 6.42 Å². The van der Waals surface area contributed by atoms with Crippen molar-refractivity contribution in [1.29, 1.82) is 0 Å². The normalized spacial score (nSPS) is 13.1. The summed E-state index contributed by atoms with van der Waals surface area (Å²) in [5.41, 5.74) is 3.98. The average Bonchev–Trinajstić information content (AvgIpc) is 2.82. The van der Waals surface area contributed by atoms with Crippen molar-refractivity contribution in [1.82, 2.24) is 0 Å². The predicted octanol–water partition coefficient (Wildman–Crippen LogP) is 5.12. The van der Waals surface area contributed by atoms with E-state index in [1.54, 1.807) is 6.26 Å². The van der Waals surface area contributed by atoms with Crippen LogP contribution in [0.25, 0.3) is 0 Å². The fourth-order valence-electron chi connectivity index (χ4n) is 1.62. The molecule has 0 unspecified atom stereocenters. The molecular formula is C15H21ClO. The predicted molar refractivity (Wildman–Crippen MR) is 74.5 cm³/mol. The Labute approximate surface area is 109 Å². The van der Waals surface area contributed by atoms with Crippen molar-refractivity contribution in [2.45, 2.75) is 39.5 Å². The third-order valence-electron chi connectivity index (χ3n) is 2.75. The first-order chi connectivity index (χ1) is 8.22. The first kappa shape index (κ1) is 14.1. The summed E-state index contributed by atoms with van der Waals surface area (Å²) < 4.78 is 5.03. The highest BCUT2D eigenvalue weighted by Crippen LogP contribution is 2.10. The standard InChI is InChI=1S/C15H21ClO/c1-13(5-3-7-14(2)11-16)6-4-8-15-9-10-17-12-15/h6-7,9-10,12H,3-5,8,11H2,1-2H3/b13-6+,14-7+. The highest BCUT2D eigenvalue weighted by Gasteiger charge is 1.94. The van der Waals surface area contributed by atoms with E-state index in [1.165, 1.54) is 16.7 Å². The van der Waals surface area contributed by atoms with Crippen LogP contribution in [0.15, 0.2) is 46.3 Å². The monoisotopic (exact) mass is 252 g/mol. The lowest BCUT2D eigenvalue weighted by Gasteiger charge is -1.99. The molecule has 0 spiro atoms. The summed E-state index contributed by atoms with van der Waals surface area (Å²) in [7, 11) is 0. The molecule has 0 atom stereocenters. The van der Waals surface area contributed by atoms with Crippen LogP contribution in [0.3, 0.4) is 0 Å². The fraction of sp³-hybridized carbons (Fsp3) is 0.467. The summed E-state index contributed by atoms with van der Waals surface area (Å²) in [6.07, 6.45) is 12.4. The summed E-state index contributed by atoms with van der Waals surface area (Å²) in [6.45, 7) is 4.27. The second-order valence-corrected chi connectivity index (χ2v) is 4.71. The lowest BCUT2D eigenvalue weighted by molar-refractivity contribution is 0.564. The van der Waals surface area contributed by atoms with Crippen LogP contribution < -0.4 is 0 Å². The molecule has 0 aliphatic carbocycles. The van der Waals surface area contributed by atoms with Gasteiger partial charge in [-0.05, 0) is 51.2 Å². The van der Waals surface area contributed by atoms with E-state index in [0.717, 1.165) is 25.7 Å². The number of allylic oxidation sites excluding steroid dienone is 4. The van der Waals surface area contributed by atoms with Gasteiger partial charge in [-0.2, -0.15) is 0 Å². The molecule has 1 rings (SSSR count). The quantitative estimate of drug-likeness (QED) is 0.485. The van der Waals surface area contributed by atoms with Gasteiger partial charge in [0.25, 0.3) is 0 Å². The Morgan fingerprint density at radius 3 is 2.65 bits per heavy atom. The van der Waals surface area contributed by atoms with Gasteiger partial charge >= 0.3 is 0 Å². The zero-order valence-corrected chi connectivity index (χ0v) is 11.5. The molecule has 0 saturated carbocycles. The van der Waals surface area contributed by atoms with Gasteiger partial charge in [0.1, 0.15) is 0 Å². The Balaban J connectivity index is 2.21. The third kappa shape index (κ3) is 6.38. The SMILES string of the molecule is C/C(=C\CC/C(C)=C/CCc1ccoc1)CCl. The third-order valence-corrected chi connectivity index (χ3v) is 3.17. The number of hydrogen-bond donors (Lipinski definition) is 0. The van der Waals surface area contributed by atoms with Crippen LogP contribution in [0.1, 0.15) is 38.7 Å². The van der Waals surface area contributed by atoms with Crippen molar-refractivity contribution in [3.8, 4) is 0 Å². The number of alkyl halides is 1. The van der Waals surface area contributed by atoms with Crippen molar-refractivity contribution in [3.63, 3.8) is 0 Å². The van der Waals surface area contributed by atoms with E-state index in [9.17, 15) is 0 Å². The molecular weight excluding hydrogens is 232 g/mol. The number of aryl methyl sites for hydroxylation is 1. The zero-order chi connectivity index (χ0) is 12.5. The molecule has 0 aliphatic rings. The molecule has 0 N–H and O–H groups in total. The molecule has 17 heavy (non-hydrogen) atoms. The van der Waals surface area contributed by atoms with E-state index >= 15 is 0 Å². The largest absolute Gasteiger partial charge is 0.472 e. The maximum absolute atomic E-state index is 5.72. The molecule has 1 nitrogen and oxygen atoms in total. The van der Waals surface area contributed by atoms with Crippen LogP contribution in [0.5, 0.6) is 0 Å². The summed E-state index contributed by atoms with van der Waals surface area (Å²) in [6, 6.07) is 2.02. The Kier molecular flexibility index (Phi) is 6.80. The van der Waals surface area contributed by atoms with E-state index < -0.39 is 0 Å². The van der Waals surface area contributed by atoms with Gasteiger partial charge in [0.15, 0.2) is 0 Å². The van der Waals surface area contributed by atoms with Crippen LogP contribution in [0.4, 0.5) is 0 Å². The number of halogens is 1. The van der Waals surface area contributed by atoms with Crippen molar-refractivity contribution in [2.24, 2.45) is 0 Å². The maximum atomic E-state index is 5.72. The maximum Gasteiger partial charge on any atom is 0.0934 e. The highest BCUT2D eigenvalue weighted by molar-refractivity contribution is 6.19. The second kappa shape index (κ2) is 8.19. The molecule has 0 aliphatic heterocycles. The highest BCUT2D eigenvalue weighted by atomic mass is 35.5. The van der Waals surface area contributed by atoms with E-state index in [4.69, 9.17) is 16.0 Å². The first-order valence-electron chi connectivity index (χ1n) is 6.10. The molecule has 0 saturated heterocycles. The average molecular weight is 253 g/mol. The molecule has 0 fully saturated rings. The minimum absolute atomic E-state index is 0.642. The van der Waals surface area contributed by atoms with Gasteiger partial charge in [0, 0.05) is 5.88 Å².